The number of nitrogens with zero attached hydrogens (tertiary/aromatic N) is 1. The first-order valence-corrected chi connectivity index (χ1v) is 4.24. The first kappa shape index (κ1) is 11.7. The number of likely N-dealkylation sites (N-methyl/N-ethyl adjacent to an activating group) is 1. The number of aliphatic imine (C=N–C) groups is 1. The van der Waals surface area contributed by atoms with Crippen molar-refractivity contribution in [1.82, 2.24) is 10.6 Å². The Labute approximate surface area is 78.8 Å². The number of rotatable bonds is 3. The molecule has 0 spiro atoms. The fourth-order valence-electron chi connectivity index (χ4n) is 0.899. The molecule has 5 nitrogen and oxygen atoms in total. The fraction of sp³-hybridized carbons (Fsp3) is 0.750. The molecule has 0 aromatic rings. The molecule has 0 radical (unpaired) electrons. The van der Waals surface area contributed by atoms with Gasteiger partial charge < -0.3 is 16.4 Å². The van der Waals surface area contributed by atoms with Crippen LogP contribution < -0.4 is 16.4 Å². The highest BCUT2D eigenvalue weighted by molar-refractivity contribution is 5.91. The molecule has 0 heterocycles. The van der Waals surface area contributed by atoms with Crippen molar-refractivity contribution in [3.05, 3.63) is 0 Å². The average molecular weight is 186 g/mol. The highest BCUT2D eigenvalue weighted by atomic mass is 16.2. The Morgan fingerprint density at radius 2 is 2.08 bits per heavy atom. The molecule has 4 N–H and O–H groups in total. The summed E-state index contributed by atoms with van der Waals surface area (Å²) in [5.74, 6) is 0.165. The maximum Gasteiger partial charge on any atom is 0.244 e. The maximum atomic E-state index is 11.3. The second-order valence-corrected chi connectivity index (χ2v) is 3.19. The van der Waals surface area contributed by atoms with E-state index in [1.807, 2.05) is 6.92 Å². The minimum atomic E-state index is -0.725. The molecule has 0 saturated carbocycles. The molecule has 0 aliphatic heterocycles. The van der Waals surface area contributed by atoms with Crippen LogP contribution in [-0.4, -0.2) is 31.0 Å². The van der Waals surface area contributed by atoms with Crippen LogP contribution >= 0.6 is 0 Å². The first-order valence-electron chi connectivity index (χ1n) is 4.24. The third kappa shape index (κ3) is 3.78. The van der Waals surface area contributed by atoms with Crippen LogP contribution in [0.1, 0.15) is 20.8 Å². The lowest BCUT2D eigenvalue weighted by atomic mass is 10.1. The lowest BCUT2D eigenvalue weighted by Crippen LogP contribution is -2.56. The molecule has 0 aromatic heterocycles. The summed E-state index contributed by atoms with van der Waals surface area (Å²) in [6.45, 7) is 5.96. The zero-order valence-electron chi connectivity index (χ0n) is 8.64. The fourth-order valence-corrected chi connectivity index (χ4v) is 0.899. The van der Waals surface area contributed by atoms with Crippen molar-refractivity contribution < 1.29 is 4.79 Å². The lowest BCUT2D eigenvalue weighted by Gasteiger charge is -2.24. The number of carbonyl (C=O) groups excluding carboxylic acids is 1. The molecule has 0 rings (SSSR count). The summed E-state index contributed by atoms with van der Waals surface area (Å²) in [5, 5.41) is 5.36. The lowest BCUT2D eigenvalue weighted by molar-refractivity contribution is -0.125. The van der Waals surface area contributed by atoms with Crippen molar-refractivity contribution in [3.63, 3.8) is 0 Å². The first-order chi connectivity index (χ1) is 5.94. The molecular weight excluding hydrogens is 168 g/mol. The molecule has 1 amide bonds. The van der Waals surface area contributed by atoms with Gasteiger partial charge in [0.25, 0.3) is 0 Å². The van der Waals surface area contributed by atoms with Gasteiger partial charge in [0.15, 0.2) is 5.96 Å². The molecule has 0 saturated heterocycles. The number of hydrogen-bond donors (Lipinski definition) is 3. The number of nitrogens with one attached hydrogen (secondary N) is 2. The third-order valence-corrected chi connectivity index (χ3v) is 1.56. The van der Waals surface area contributed by atoms with Crippen LogP contribution in [0.15, 0.2) is 4.99 Å². The molecule has 76 valence electrons. The van der Waals surface area contributed by atoms with Crippen LogP contribution in [0.4, 0.5) is 0 Å². The Morgan fingerprint density at radius 3 is 2.46 bits per heavy atom. The Balaban J connectivity index is 4.32. The smallest absolute Gasteiger partial charge is 0.244 e. The van der Waals surface area contributed by atoms with Crippen molar-refractivity contribution >= 4 is 11.9 Å². The zero-order chi connectivity index (χ0) is 10.5. The van der Waals surface area contributed by atoms with E-state index in [2.05, 4.69) is 15.6 Å². The molecule has 0 bridgehead atoms. The second kappa shape index (κ2) is 4.69. The van der Waals surface area contributed by atoms with E-state index < -0.39 is 5.54 Å². The van der Waals surface area contributed by atoms with Gasteiger partial charge in [0.1, 0.15) is 5.54 Å². The zero-order valence-corrected chi connectivity index (χ0v) is 8.64. The Hall–Kier alpha value is -1.26. The van der Waals surface area contributed by atoms with Gasteiger partial charge >= 0.3 is 0 Å². The van der Waals surface area contributed by atoms with Gasteiger partial charge in [-0.05, 0) is 20.8 Å². The van der Waals surface area contributed by atoms with Crippen LogP contribution in [0.2, 0.25) is 0 Å². The van der Waals surface area contributed by atoms with Crippen molar-refractivity contribution in [1.29, 1.82) is 0 Å². The quantitative estimate of drug-likeness (QED) is 0.408. The van der Waals surface area contributed by atoms with Crippen molar-refractivity contribution in [3.8, 4) is 0 Å². The number of nitrogens with two attached hydrogens (primary N) is 1. The summed E-state index contributed by atoms with van der Waals surface area (Å²) in [4.78, 5) is 15.2. The number of guanidine groups is 1. The van der Waals surface area contributed by atoms with Crippen molar-refractivity contribution in [2.24, 2.45) is 10.7 Å². The van der Waals surface area contributed by atoms with E-state index in [1.165, 1.54) is 0 Å². The highest BCUT2D eigenvalue weighted by Gasteiger charge is 2.26. The molecule has 0 aliphatic rings. The van der Waals surface area contributed by atoms with E-state index in [4.69, 9.17) is 5.73 Å². The van der Waals surface area contributed by atoms with Crippen LogP contribution in [0.3, 0.4) is 0 Å². The van der Waals surface area contributed by atoms with Gasteiger partial charge in [-0.2, -0.15) is 0 Å². The summed E-state index contributed by atoms with van der Waals surface area (Å²) in [5.41, 5.74) is 4.80. The van der Waals surface area contributed by atoms with Crippen LogP contribution in [0.5, 0.6) is 0 Å². The summed E-state index contributed by atoms with van der Waals surface area (Å²) in [6, 6.07) is 0. The van der Waals surface area contributed by atoms with E-state index >= 15 is 0 Å². The molecule has 0 fully saturated rings. The van der Waals surface area contributed by atoms with Crippen LogP contribution in [0, 0.1) is 0 Å². The minimum absolute atomic E-state index is 0.123. The normalized spacial score (nSPS) is 12.5. The molecule has 0 atom stereocenters. The van der Waals surface area contributed by atoms with E-state index in [1.54, 1.807) is 20.9 Å². The molecule has 5 heteroatoms. The van der Waals surface area contributed by atoms with Gasteiger partial charge in [0, 0.05) is 13.6 Å². The number of carbonyl (C=O) groups is 1. The largest absolute Gasteiger partial charge is 0.370 e. The molecule has 13 heavy (non-hydrogen) atoms. The summed E-state index contributed by atoms with van der Waals surface area (Å²) >= 11 is 0. The molecular formula is C8H18N4O. The molecule has 0 aliphatic carbocycles. The van der Waals surface area contributed by atoms with Crippen LogP contribution in [0.25, 0.3) is 0 Å². The maximum absolute atomic E-state index is 11.3. The topological polar surface area (TPSA) is 79.5 Å². The minimum Gasteiger partial charge on any atom is -0.370 e. The Bertz CT molecular complexity index is 210. The summed E-state index contributed by atoms with van der Waals surface area (Å²) in [6.07, 6.45) is 0. The molecule has 0 unspecified atom stereocenters. The van der Waals surface area contributed by atoms with Gasteiger partial charge in [0.05, 0.1) is 0 Å². The molecule has 0 aromatic carbocycles. The van der Waals surface area contributed by atoms with Crippen molar-refractivity contribution in [2.45, 2.75) is 26.3 Å². The predicted molar refractivity (Wildman–Crippen MR) is 53.4 cm³/mol. The summed E-state index contributed by atoms with van der Waals surface area (Å²) < 4.78 is 0. The number of hydrogen-bond acceptors (Lipinski definition) is 2. The monoisotopic (exact) mass is 186 g/mol. The third-order valence-electron chi connectivity index (χ3n) is 1.56. The average Bonchev–Trinajstić information content (AvgIpc) is 2.02. The Morgan fingerprint density at radius 1 is 1.54 bits per heavy atom. The van der Waals surface area contributed by atoms with E-state index in [9.17, 15) is 4.79 Å². The SMILES string of the molecule is CCN=C(N)NC(C)(C)C(=O)NC. The van der Waals surface area contributed by atoms with Crippen molar-refractivity contribution in [2.75, 3.05) is 13.6 Å². The number of amides is 1. The second-order valence-electron chi connectivity index (χ2n) is 3.19. The van der Waals surface area contributed by atoms with E-state index in [0.717, 1.165) is 0 Å². The standard InChI is InChI=1S/C8H18N4O/c1-5-11-7(9)12-8(2,3)6(13)10-4/h5H2,1-4H3,(H,10,13)(H3,9,11,12). The van der Waals surface area contributed by atoms with Gasteiger partial charge in [-0.1, -0.05) is 0 Å². The Kier molecular flexibility index (Phi) is 4.23. The van der Waals surface area contributed by atoms with Gasteiger partial charge in [0.2, 0.25) is 5.91 Å². The van der Waals surface area contributed by atoms with Crippen LogP contribution in [-0.2, 0) is 4.79 Å². The van der Waals surface area contributed by atoms with Gasteiger partial charge in [-0.3, -0.25) is 9.79 Å². The predicted octanol–water partition coefficient (Wildman–Crippen LogP) is -0.565. The van der Waals surface area contributed by atoms with E-state index in [-0.39, 0.29) is 11.9 Å². The van der Waals surface area contributed by atoms with Gasteiger partial charge in [-0.15, -0.1) is 0 Å². The van der Waals surface area contributed by atoms with E-state index in [0.29, 0.717) is 6.54 Å². The summed E-state index contributed by atoms with van der Waals surface area (Å²) in [7, 11) is 1.58. The highest BCUT2D eigenvalue weighted by Crippen LogP contribution is 2.00. The van der Waals surface area contributed by atoms with Gasteiger partial charge in [-0.25, -0.2) is 0 Å².